The molecule has 1 unspecified atom stereocenters. The molecule has 0 aromatic heterocycles. The minimum Gasteiger partial charge on any atom is -0.465 e. The molecule has 2 heteroatoms. The second-order valence-corrected chi connectivity index (χ2v) is 2.88. The van der Waals surface area contributed by atoms with Crippen LogP contribution in [0.25, 0.3) is 0 Å². The van der Waals surface area contributed by atoms with Crippen LogP contribution in [0, 0.1) is 0 Å². The summed E-state index contributed by atoms with van der Waals surface area (Å²) in [5.74, 6) is -0.593. The van der Waals surface area contributed by atoms with Crippen molar-refractivity contribution in [1.82, 2.24) is 0 Å². The molecule has 0 fully saturated rings. The second-order valence-electron chi connectivity index (χ2n) is 2.88. The quantitative estimate of drug-likeness (QED) is 0.538. The van der Waals surface area contributed by atoms with Crippen LogP contribution < -0.4 is 0 Å². The highest BCUT2D eigenvalue weighted by Gasteiger charge is 2.17. The molecule has 0 radical (unpaired) electrons. The molecule has 0 aliphatic carbocycles. The van der Waals surface area contributed by atoms with E-state index in [1.807, 2.05) is 30.3 Å². The summed E-state index contributed by atoms with van der Waals surface area (Å²) in [6.45, 7) is 5.83. The average Bonchev–Trinajstić information content (AvgIpc) is 2.21. The summed E-state index contributed by atoms with van der Waals surface area (Å²) in [6, 6.07) is 9.48. The van der Waals surface area contributed by atoms with Gasteiger partial charge in [0.1, 0.15) is 0 Å². The van der Waals surface area contributed by atoms with Crippen LogP contribution in [0.5, 0.6) is 0 Å². The first-order valence-electron chi connectivity index (χ1n) is 4.63. The maximum atomic E-state index is 11.5. The molecular formula is C12H14O2. The Morgan fingerprint density at radius 2 is 2.14 bits per heavy atom. The van der Waals surface area contributed by atoms with E-state index in [0.29, 0.717) is 6.61 Å². The number of hydrogen-bond acceptors (Lipinski definition) is 2. The summed E-state index contributed by atoms with van der Waals surface area (Å²) in [6.07, 6.45) is 1.60. The van der Waals surface area contributed by atoms with E-state index in [-0.39, 0.29) is 11.9 Å². The minimum atomic E-state index is -0.351. The Morgan fingerprint density at radius 3 is 2.64 bits per heavy atom. The van der Waals surface area contributed by atoms with Gasteiger partial charge in [-0.1, -0.05) is 36.4 Å². The fourth-order valence-electron chi connectivity index (χ4n) is 1.26. The largest absolute Gasteiger partial charge is 0.465 e. The monoisotopic (exact) mass is 190 g/mol. The van der Waals surface area contributed by atoms with Crippen molar-refractivity contribution in [3.8, 4) is 0 Å². The first kappa shape index (κ1) is 10.5. The van der Waals surface area contributed by atoms with Crippen molar-refractivity contribution in [3.63, 3.8) is 0 Å². The lowest BCUT2D eigenvalue weighted by atomic mass is 10.00. The third-order valence-electron chi connectivity index (χ3n) is 1.93. The smallest absolute Gasteiger partial charge is 0.317 e. The standard InChI is InChI=1S/C12H14O2/c1-3-11(12(13)14-4-2)10-8-6-5-7-9-10/h3,5-9,11H,1,4H2,2H3. The van der Waals surface area contributed by atoms with Gasteiger partial charge in [-0.3, -0.25) is 4.79 Å². The van der Waals surface area contributed by atoms with Crippen LogP contribution in [0.3, 0.4) is 0 Å². The molecule has 0 N–H and O–H groups in total. The van der Waals surface area contributed by atoms with Crippen molar-refractivity contribution in [3.05, 3.63) is 48.6 Å². The Labute approximate surface area is 84.2 Å². The first-order chi connectivity index (χ1) is 6.79. The molecule has 0 amide bonds. The van der Waals surface area contributed by atoms with Gasteiger partial charge in [0.2, 0.25) is 0 Å². The molecule has 1 aromatic rings. The fourth-order valence-corrected chi connectivity index (χ4v) is 1.26. The highest BCUT2D eigenvalue weighted by Crippen LogP contribution is 2.17. The van der Waals surface area contributed by atoms with Crippen LogP contribution in [0.15, 0.2) is 43.0 Å². The molecular weight excluding hydrogens is 176 g/mol. The van der Waals surface area contributed by atoms with Gasteiger partial charge in [0.05, 0.1) is 12.5 Å². The van der Waals surface area contributed by atoms with E-state index >= 15 is 0 Å². The number of esters is 1. The van der Waals surface area contributed by atoms with Crippen LogP contribution >= 0.6 is 0 Å². The van der Waals surface area contributed by atoms with Gasteiger partial charge in [0.25, 0.3) is 0 Å². The molecule has 74 valence electrons. The minimum absolute atomic E-state index is 0.242. The highest BCUT2D eigenvalue weighted by atomic mass is 16.5. The predicted octanol–water partition coefficient (Wildman–Crippen LogP) is 2.52. The number of carbonyl (C=O) groups is 1. The third kappa shape index (κ3) is 2.46. The van der Waals surface area contributed by atoms with Crippen LogP contribution in [-0.2, 0) is 9.53 Å². The maximum Gasteiger partial charge on any atom is 0.317 e. The maximum absolute atomic E-state index is 11.5. The zero-order valence-corrected chi connectivity index (χ0v) is 8.27. The van der Waals surface area contributed by atoms with Crippen LogP contribution in [-0.4, -0.2) is 12.6 Å². The van der Waals surface area contributed by atoms with Crippen molar-refractivity contribution < 1.29 is 9.53 Å². The van der Waals surface area contributed by atoms with E-state index in [2.05, 4.69) is 6.58 Å². The molecule has 0 aliphatic heterocycles. The Morgan fingerprint density at radius 1 is 1.50 bits per heavy atom. The van der Waals surface area contributed by atoms with E-state index in [1.54, 1.807) is 13.0 Å². The topological polar surface area (TPSA) is 26.3 Å². The van der Waals surface area contributed by atoms with Crippen LogP contribution in [0.2, 0.25) is 0 Å². The molecule has 0 aliphatic rings. The summed E-state index contributed by atoms with van der Waals surface area (Å²) in [5, 5.41) is 0. The van der Waals surface area contributed by atoms with Gasteiger partial charge in [-0.2, -0.15) is 0 Å². The average molecular weight is 190 g/mol. The van der Waals surface area contributed by atoms with Crippen molar-refractivity contribution in [1.29, 1.82) is 0 Å². The van der Waals surface area contributed by atoms with Gasteiger partial charge in [-0.25, -0.2) is 0 Å². The van der Waals surface area contributed by atoms with Gasteiger partial charge in [0.15, 0.2) is 0 Å². The lowest BCUT2D eigenvalue weighted by Crippen LogP contribution is -2.13. The number of hydrogen-bond donors (Lipinski definition) is 0. The van der Waals surface area contributed by atoms with Crippen LogP contribution in [0.4, 0.5) is 0 Å². The lowest BCUT2D eigenvalue weighted by Gasteiger charge is -2.10. The Kier molecular flexibility index (Phi) is 3.92. The Balaban J connectivity index is 2.82. The molecule has 2 nitrogen and oxygen atoms in total. The number of benzene rings is 1. The summed E-state index contributed by atoms with van der Waals surface area (Å²) in [5.41, 5.74) is 0.918. The summed E-state index contributed by atoms with van der Waals surface area (Å²) >= 11 is 0. The van der Waals surface area contributed by atoms with E-state index in [9.17, 15) is 4.79 Å². The van der Waals surface area contributed by atoms with Gasteiger partial charge >= 0.3 is 5.97 Å². The Bertz CT molecular complexity index is 303. The SMILES string of the molecule is C=CC(C(=O)OCC)c1ccccc1. The molecule has 0 saturated heterocycles. The Hall–Kier alpha value is -1.57. The van der Waals surface area contributed by atoms with Gasteiger partial charge in [-0.15, -0.1) is 6.58 Å². The van der Waals surface area contributed by atoms with Crippen LogP contribution in [0.1, 0.15) is 18.4 Å². The highest BCUT2D eigenvalue weighted by molar-refractivity contribution is 5.80. The summed E-state index contributed by atoms with van der Waals surface area (Å²) in [4.78, 5) is 11.5. The van der Waals surface area contributed by atoms with Gasteiger partial charge in [-0.05, 0) is 12.5 Å². The second kappa shape index (κ2) is 5.22. The molecule has 1 atom stereocenters. The van der Waals surface area contributed by atoms with E-state index in [0.717, 1.165) is 5.56 Å². The normalized spacial score (nSPS) is 11.8. The third-order valence-corrected chi connectivity index (χ3v) is 1.93. The molecule has 1 aromatic carbocycles. The molecule has 1 rings (SSSR count). The molecule has 0 spiro atoms. The van der Waals surface area contributed by atoms with E-state index in [4.69, 9.17) is 4.74 Å². The number of carbonyl (C=O) groups excluding carboxylic acids is 1. The molecule has 0 bridgehead atoms. The molecule has 0 saturated carbocycles. The van der Waals surface area contributed by atoms with Crippen molar-refractivity contribution in [2.24, 2.45) is 0 Å². The predicted molar refractivity (Wildman–Crippen MR) is 56.0 cm³/mol. The lowest BCUT2D eigenvalue weighted by molar-refractivity contribution is -0.143. The zero-order valence-electron chi connectivity index (χ0n) is 8.27. The molecule has 0 heterocycles. The van der Waals surface area contributed by atoms with Crippen molar-refractivity contribution >= 4 is 5.97 Å². The zero-order chi connectivity index (χ0) is 10.4. The number of ether oxygens (including phenoxy) is 1. The van der Waals surface area contributed by atoms with Gasteiger partial charge in [0, 0.05) is 0 Å². The molecule has 14 heavy (non-hydrogen) atoms. The van der Waals surface area contributed by atoms with Gasteiger partial charge < -0.3 is 4.74 Å². The fraction of sp³-hybridized carbons (Fsp3) is 0.250. The first-order valence-corrected chi connectivity index (χ1v) is 4.63. The summed E-state index contributed by atoms with van der Waals surface area (Å²) < 4.78 is 4.94. The number of rotatable bonds is 4. The summed E-state index contributed by atoms with van der Waals surface area (Å²) in [7, 11) is 0. The van der Waals surface area contributed by atoms with Crippen molar-refractivity contribution in [2.45, 2.75) is 12.8 Å². The van der Waals surface area contributed by atoms with Crippen molar-refractivity contribution in [2.75, 3.05) is 6.61 Å². The van der Waals surface area contributed by atoms with E-state index < -0.39 is 0 Å². The van der Waals surface area contributed by atoms with E-state index in [1.165, 1.54) is 0 Å².